The zero-order valence-electron chi connectivity index (χ0n) is 14.8. The molecule has 6 nitrogen and oxygen atoms in total. The Kier molecular flexibility index (Phi) is 3.78. The summed E-state index contributed by atoms with van der Waals surface area (Å²) in [6.07, 6.45) is 6.60. The monoisotopic (exact) mass is 340 g/mol. The Balaban J connectivity index is 1.39. The zero-order valence-corrected chi connectivity index (χ0v) is 14.8. The highest BCUT2D eigenvalue weighted by atomic mass is 16.2. The van der Waals surface area contributed by atoms with Gasteiger partial charge < -0.3 is 15.2 Å². The van der Waals surface area contributed by atoms with Gasteiger partial charge in [0, 0.05) is 24.7 Å². The molecule has 2 N–H and O–H groups in total. The Morgan fingerprint density at radius 3 is 2.64 bits per heavy atom. The minimum Gasteiger partial charge on any atom is -0.341 e. The topological polar surface area (TPSA) is 78.1 Å². The molecule has 0 bridgehead atoms. The van der Waals surface area contributed by atoms with Gasteiger partial charge in [0.15, 0.2) is 0 Å². The van der Waals surface area contributed by atoms with Gasteiger partial charge in [0.05, 0.1) is 0 Å². The number of aryl methyl sites for hydroxylation is 1. The molecule has 2 aromatic rings. The van der Waals surface area contributed by atoms with Gasteiger partial charge in [-0.15, -0.1) is 0 Å². The van der Waals surface area contributed by atoms with E-state index < -0.39 is 6.04 Å². The Bertz CT molecular complexity index is 827. The summed E-state index contributed by atoms with van der Waals surface area (Å²) in [6.45, 7) is 5.35. The first-order valence-electron chi connectivity index (χ1n) is 9.01. The molecule has 2 aliphatic rings. The van der Waals surface area contributed by atoms with Crippen LogP contribution in [0.4, 0.5) is 0 Å². The third-order valence-corrected chi connectivity index (χ3v) is 5.66. The summed E-state index contributed by atoms with van der Waals surface area (Å²) in [4.78, 5) is 34.3. The van der Waals surface area contributed by atoms with Crippen LogP contribution in [-0.4, -0.2) is 45.8 Å². The third kappa shape index (κ3) is 3.13. The number of H-pyrrole nitrogens is 1. The number of aromatic nitrogens is 2. The standard InChI is InChI=1S/C19H24N4O2/c1-12-9-14-10-15(22-16(14)20-11-12)17(24)21-13(2)18(25)23-7-5-19(3-4-19)6-8-23/h9-11,13H,3-8H2,1-2H3,(H,20,22)(H,21,24)/t13-/m1/s1. The van der Waals surface area contributed by atoms with Gasteiger partial charge in [0.2, 0.25) is 5.91 Å². The first kappa shape index (κ1) is 16.1. The van der Waals surface area contributed by atoms with Crippen molar-refractivity contribution in [1.29, 1.82) is 0 Å². The van der Waals surface area contributed by atoms with E-state index in [2.05, 4.69) is 15.3 Å². The molecule has 1 aliphatic carbocycles. The van der Waals surface area contributed by atoms with E-state index in [0.717, 1.165) is 36.9 Å². The maximum atomic E-state index is 12.6. The molecule has 1 saturated carbocycles. The summed E-state index contributed by atoms with van der Waals surface area (Å²) in [5, 5.41) is 3.71. The second kappa shape index (κ2) is 5.86. The van der Waals surface area contributed by atoms with Crippen molar-refractivity contribution in [3.05, 3.63) is 29.6 Å². The molecule has 6 heteroatoms. The highest BCUT2D eigenvalue weighted by Gasteiger charge is 2.45. The molecule has 2 amide bonds. The molecular weight excluding hydrogens is 316 g/mol. The van der Waals surface area contributed by atoms with E-state index >= 15 is 0 Å². The number of pyridine rings is 1. The van der Waals surface area contributed by atoms with E-state index in [1.807, 2.05) is 17.9 Å². The molecule has 2 fully saturated rings. The number of fused-ring (bicyclic) bond motifs is 1. The number of amides is 2. The van der Waals surface area contributed by atoms with Gasteiger partial charge in [0.25, 0.3) is 5.91 Å². The Labute approximate surface area is 147 Å². The summed E-state index contributed by atoms with van der Waals surface area (Å²) in [5.74, 6) is -0.263. The van der Waals surface area contributed by atoms with Crippen LogP contribution in [0, 0.1) is 12.3 Å². The lowest BCUT2D eigenvalue weighted by Gasteiger charge is -2.33. The SMILES string of the molecule is Cc1cnc2[nH]c(C(=O)N[C@H](C)C(=O)N3CCC4(CC3)CC4)cc2c1. The molecule has 1 saturated heterocycles. The van der Waals surface area contributed by atoms with Crippen molar-refractivity contribution < 1.29 is 9.59 Å². The second-order valence-corrected chi connectivity index (χ2v) is 7.65. The van der Waals surface area contributed by atoms with Crippen molar-refractivity contribution in [1.82, 2.24) is 20.2 Å². The van der Waals surface area contributed by atoms with Crippen LogP contribution in [0.2, 0.25) is 0 Å². The number of likely N-dealkylation sites (tertiary alicyclic amines) is 1. The van der Waals surface area contributed by atoms with Crippen molar-refractivity contribution in [2.45, 2.75) is 45.6 Å². The van der Waals surface area contributed by atoms with E-state index in [0.29, 0.717) is 16.8 Å². The van der Waals surface area contributed by atoms with Crippen LogP contribution in [0.5, 0.6) is 0 Å². The van der Waals surface area contributed by atoms with Gasteiger partial charge in [-0.05, 0) is 62.6 Å². The van der Waals surface area contributed by atoms with Gasteiger partial charge in [-0.3, -0.25) is 9.59 Å². The van der Waals surface area contributed by atoms with Gasteiger partial charge in [-0.25, -0.2) is 4.98 Å². The molecule has 2 aromatic heterocycles. The first-order valence-corrected chi connectivity index (χ1v) is 9.01. The average Bonchev–Trinajstić information content (AvgIpc) is 3.21. The van der Waals surface area contributed by atoms with Crippen molar-refractivity contribution in [2.24, 2.45) is 5.41 Å². The van der Waals surface area contributed by atoms with Gasteiger partial charge in [-0.1, -0.05) is 0 Å². The summed E-state index contributed by atoms with van der Waals surface area (Å²) in [7, 11) is 0. The predicted octanol–water partition coefficient (Wildman–Crippen LogP) is 2.39. The summed E-state index contributed by atoms with van der Waals surface area (Å²) in [5.41, 5.74) is 2.70. The molecule has 0 unspecified atom stereocenters. The third-order valence-electron chi connectivity index (χ3n) is 5.66. The van der Waals surface area contributed by atoms with Crippen molar-refractivity contribution in [3.63, 3.8) is 0 Å². The summed E-state index contributed by atoms with van der Waals surface area (Å²) < 4.78 is 0. The van der Waals surface area contributed by atoms with Gasteiger partial charge in [-0.2, -0.15) is 0 Å². The van der Waals surface area contributed by atoms with Crippen LogP contribution in [-0.2, 0) is 4.79 Å². The Morgan fingerprint density at radius 1 is 1.24 bits per heavy atom. The predicted molar refractivity (Wildman–Crippen MR) is 95.2 cm³/mol. The highest BCUT2D eigenvalue weighted by molar-refractivity contribution is 5.99. The Morgan fingerprint density at radius 2 is 1.96 bits per heavy atom. The van der Waals surface area contributed by atoms with Crippen LogP contribution in [0.3, 0.4) is 0 Å². The minimum absolute atomic E-state index is 0.00827. The second-order valence-electron chi connectivity index (χ2n) is 7.65. The molecule has 1 atom stereocenters. The van der Waals surface area contributed by atoms with Gasteiger partial charge in [0.1, 0.15) is 17.4 Å². The van der Waals surface area contributed by atoms with Crippen LogP contribution in [0.25, 0.3) is 11.0 Å². The van der Waals surface area contributed by atoms with Gasteiger partial charge >= 0.3 is 0 Å². The number of carbonyl (C=O) groups is 2. The van der Waals surface area contributed by atoms with E-state index in [4.69, 9.17) is 0 Å². The Hall–Kier alpha value is -2.37. The van der Waals surface area contributed by atoms with Crippen LogP contribution >= 0.6 is 0 Å². The number of nitrogens with one attached hydrogen (secondary N) is 2. The molecule has 132 valence electrons. The number of rotatable bonds is 3. The zero-order chi connectivity index (χ0) is 17.6. The smallest absolute Gasteiger partial charge is 0.268 e. The maximum Gasteiger partial charge on any atom is 0.268 e. The van der Waals surface area contributed by atoms with E-state index in [1.165, 1.54) is 12.8 Å². The first-order chi connectivity index (χ1) is 12.0. The quantitative estimate of drug-likeness (QED) is 0.900. The summed E-state index contributed by atoms with van der Waals surface area (Å²) >= 11 is 0. The molecule has 0 aromatic carbocycles. The fraction of sp³-hybridized carbons (Fsp3) is 0.526. The summed E-state index contributed by atoms with van der Waals surface area (Å²) in [6, 6.07) is 3.23. The number of nitrogens with zero attached hydrogens (tertiary/aromatic N) is 2. The normalized spacial score (nSPS) is 19.8. The molecule has 25 heavy (non-hydrogen) atoms. The number of carbonyl (C=O) groups excluding carboxylic acids is 2. The molecule has 1 spiro atoms. The van der Waals surface area contributed by atoms with Crippen LogP contribution < -0.4 is 5.32 Å². The number of hydrogen-bond acceptors (Lipinski definition) is 3. The van der Waals surface area contributed by atoms with E-state index in [1.54, 1.807) is 19.2 Å². The average molecular weight is 340 g/mol. The molecular formula is C19H24N4O2. The fourth-order valence-corrected chi connectivity index (χ4v) is 3.74. The van der Waals surface area contributed by atoms with Crippen molar-refractivity contribution >= 4 is 22.8 Å². The van der Waals surface area contributed by atoms with Crippen molar-refractivity contribution in [2.75, 3.05) is 13.1 Å². The number of hydrogen-bond donors (Lipinski definition) is 2. The van der Waals surface area contributed by atoms with E-state index in [9.17, 15) is 9.59 Å². The van der Waals surface area contributed by atoms with E-state index in [-0.39, 0.29) is 11.8 Å². The highest BCUT2D eigenvalue weighted by Crippen LogP contribution is 2.53. The minimum atomic E-state index is -0.526. The number of piperidine rings is 1. The van der Waals surface area contributed by atoms with Crippen LogP contribution in [0.15, 0.2) is 18.3 Å². The van der Waals surface area contributed by atoms with Crippen LogP contribution in [0.1, 0.15) is 48.7 Å². The lowest BCUT2D eigenvalue weighted by atomic mass is 9.93. The molecule has 0 radical (unpaired) electrons. The molecule has 1 aliphatic heterocycles. The number of aromatic amines is 1. The lowest BCUT2D eigenvalue weighted by Crippen LogP contribution is -2.49. The maximum absolute atomic E-state index is 12.6. The fourth-order valence-electron chi connectivity index (χ4n) is 3.74. The lowest BCUT2D eigenvalue weighted by molar-refractivity contribution is -0.134. The van der Waals surface area contributed by atoms with Crippen molar-refractivity contribution in [3.8, 4) is 0 Å². The largest absolute Gasteiger partial charge is 0.341 e. The molecule has 3 heterocycles. The molecule has 4 rings (SSSR count).